The summed E-state index contributed by atoms with van der Waals surface area (Å²) in [5.74, 6) is -1.33. The third-order valence-electron chi connectivity index (χ3n) is 3.02. The van der Waals surface area contributed by atoms with Crippen LogP contribution in [-0.4, -0.2) is 48.7 Å². The van der Waals surface area contributed by atoms with Crippen LogP contribution in [0.2, 0.25) is 0 Å². The molecule has 1 fully saturated rings. The second kappa shape index (κ2) is 8.51. The Bertz CT molecular complexity index is 402. The fourth-order valence-electron chi connectivity index (χ4n) is 1.97. The molecule has 21 heavy (non-hydrogen) atoms. The number of carbonyl (C=O) groups is 3. The van der Waals surface area contributed by atoms with Crippen LogP contribution in [0.1, 0.15) is 39.5 Å². The standard InChI is InChI=1S/C14H22N2O5/c1-9(2)21-14(19)11(6-5-10(17)8-15)16-13(18)12-4-3-7-20-12/h8-9,11-12,15H,3-7H2,1-2H3,(H,16,18)/t11-,12-/m0/s1. The molecule has 1 heterocycles. The van der Waals surface area contributed by atoms with Crippen LogP contribution in [0, 0.1) is 5.41 Å². The number of hydrogen-bond donors (Lipinski definition) is 2. The van der Waals surface area contributed by atoms with Crippen molar-refractivity contribution >= 4 is 23.9 Å². The first-order chi connectivity index (χ1) is 9.93. The van der Waals surface area contributed by atoms with Crippen LogP contribution >= 0.6 is 0 Å². The van der Waals surface area contributed by atoms with Crippen LogP contribution in [0.5, 0.6) is 0 Å². The fraction of sp³-hybridized carbons (Fsp3) is 0.714. The SMILES string of the molecule is CC(C)OC(=O)[C@H](CCC(=O)C=N)NC(=O)[C@@H]1CCCO1. The lowest BCUT2D eigenvalue weighted by atomic mass is 10.1. The average Bonchev–Trinajstić information content (AvgIpc) is 2.95. The molecule has 0 aromatic rings. The van der Waals surface area contributed by atoms with Gasteiger partial charge in [0.2, 0.25) is 5.91 Å². The number of carbonyl (C=O) groups excluding carboxylic acids is 3. The summed E-state index contributed by atoms with van der Waals surface area (Å²) in [7, 11) is 0. The molecule has 7 nitrogen and oxygen atoms in total. The summed E-state index contributed by atoms with van der Waals surface area (Å²) in [4.78, 5) is 35.1. The van der Waals surface area contributed by atoms with Crippen molar-refractivity contribution in [2.75, 3.05) is 6.61 Å². The van der Waals surface area contributed by atoms with E-state index in [1.54, 1.807) is 13.8 Å². The Hall–Kier alpha value is -1.76. The van der Waals surface area contributed by atoms with E-state index in [0.29, 0.717) is 19.2 Å². The lowest BCUT2D eigenvalue weighted by Gasteiger charge is -2.20. The number of nitrogens with one attached hydrogen (secondary N) is 2. The Morgan fingerprint density at radius 2 is 2.14 bits per heavy atom. The molecule has 1 aliphatic rings. The summed E-state index contributed by atoms with van der Waals surface area (Å²) in [6.45, 7) is 3.95. The molecule has 0 aromatic heterocycles. The van der Waals surface area contributed by atoms with E-state index < -0.39 is 23.9 Å². The van der Waals surface area contributed by atoms with Crippen molar-refractivity contribution in [3.8, 4) is 0 Å². The van der Waals surface area contributed by atoms with Gasteiger partial charge in [-0.25, -0.2) is 4.79 Å². The lowest BCUT2D eigenvalue weighted by Crippen LogP contribution is -2.46. The van der Waals surface area contributed by atoms with Crippen molar-refractivity contribution in [3.05, 3.63) is 0 Å². The van der Waals surface area contributed by atoms with E-state index in [2.05, 4.69) is 5.32 Å². The molecule has 2 N–H and O–H groups in total. The van der Waals surface area contributed by atoms with Crippen molar-refractivity contribution in [1.82, 2.24) is 5.32 Å². The van der Waals surface area contributed by atoms with Gasteiger partial charge in [-0.3, -0.25) is 9.59 Å². The van der Waals surface area contributed by atoms with Crippen molar-refractivity contribution in [1.29, 1.82) is 5.41 Å². The Morgan fingerprint density at radius 1 is 1.43 bits per heavy atom. The van der Waals surface area contributed by atoms with Gasteiger partial charge < -0.3 is 20.2 Å². The zero-order valence-corrected chi connectivity index (χ0v) is 12.4. The first-order valence-electron chi connectivity index (χ1n) is 7.09. The van der Waals surface area contributed by atoms with Gasteiger partial charge in [-0.05, 0) is 33.1 Å². The number of hydrogen-bond acceptors (Lipinski definition) is 6. The third kappa shape index (κ3) is 6.03. The van der Waals surface area contributed by atoms with Gasteiger partial charge in [0, 0.05) is 13.0 Å². The lowest BCUT2D eigenvalue weighted by molar-refractivity contribution is -0.152. The maximum atomic E-state index is 12.0. The highest BCUT2D eigenvalue weighted by Crippen LogP contribution is 2.13. The van der Waals surface area contributed by atoms with Gasteiger partial charge in [-0.15, -0.1) is 0 Å². The maximum Gasteiger partial charge on any atom is 0.328 e. The molecule has 0 bridgehead atoms. The van der Waals surface area contributed by atoms with Crippen LogP contribution in [-0.2, 0) is 23.9 Å². The van der Waals surface area contributed by atoms with Crippen molar-refractivity contribution in [2.24, 2.45) is 0 Å². The molecule has 7 heteroatoms. The highest BCUT2D eigenvalue weighted by atomic mass is 16.5. The van der Waals surface area contributed by atoms with Gasteiger partial charge in [-0.2, -0.15) is 0 Å². The number of amides is 1. The summed E-state index contributed by atoms with van der Waals surface area (Å²) in [6, 6.07) is -0.895. The van der Waals surface area contributed by atoms with Gasteiger partial charge in [0.15, 0.2) is 5.78 Å². The van der Waals surface area contributed by atoms with Gasteiger partial charge >= 0.3 is 5.97 Å². The molecule has 1 saturated heterocycles. The summed E-state index contributed by atoms with van der Waals surface area (Å²) in [6.07, 6.45) is 1.40. The second-order valence-electron chi connectivity index (χ2n) is 5.20. The zero-order chi connectivity index (χ0) is 15.8. The van der Waals surface area contributed by atoms with E-state index in [4.69, 9.17) is 14.9 Å². The minimum Gasteiger partial charge on any atom is -0.461 e. The minimum atomic E-state index is -0.895. The number of ether oxygens (including phenoxy) is 2. The molecule has 0 aliphatic carbocycles. The molecule has 2 atom stereocenters. The summed E-state index contributed by atoms with van der Waals surface area (Å²) in [5, 5.41) is 9.43. The van der Waals surface area contributed by atoms with Gasteiger partial charge in [0.05, 0.1) is 12.3 Å². The molecule has 1 amide bonds. The molecule has 1 rings (SSSR count). The molecule has 0 spiro atoms. The Balaban J connectivity index is 2.60. The van der Waals surface area contributed by atoms with E-state index in [0.717, 1.165) is 6.42 Å². The molecular weight excluding hydrogens is 276 g/mol. The first-order valence-corrected chi connectivity index (χ1v) is 7.09. The Labute approximate surface area is 123 Å². The maximum absolute atomic E-state index is 12.0. The molecule has 0 radical (unpaired) electrons. The normalized spacial score (nSPS) is 19.1. The van der Waals surface area contributed by atoms with Crippen LogP contribution < -0.4 is 5.32 Å². The number of Topliss-reactive ketones (excluding diaryl/α,β-unsaturated/α-hetero) is 1. The Morgan fingerprint density at radius 3 is 2.67 bits per heavy atom. The minimum absolute atomic E-state index is 0.00711. The van der Waals surface area contributed by atoms with Gasteiger partial charge in [0.25, 0.3) is 0 Å². The highest BCUT2D eigenvalue weighted by molar-refractivity contribution is 6.26. The van der Waals surface area contributed by atoms with Crippen LogP contribution in [0.15, 0.2) is 0 Å². The van der Waals surface area contributed by atoms with Crippen LogP contribution in [0.3, 0.4) is 0 Å². The number of esters is 1. The fourth-order valence-corrected chi connectivity index (χ4v) is 1.97. The molecule has 0 unspecified atom stereocenters. The summed E-state index contributed by atoms with van der Waals surface area (Å²) < 4.78 is 10.3. The van der Waals surface area contributed by atoms with E-state index in [9.17, 15) is 14.4 Å². The topological polar surface area (TPSA) is 106 Å². The van der Waals surface area contributed by atoms with Crippen LogP contribution in [0.4, 0.5) is 0 Å². The quantitative estimate of drug-likeness (QED) is 0.504. The van der Waals surface area contributed by atoms with E-state index >= 15 is 0 Å². The van der Waals surface area contributed by atoms with Crippen molar-refractivity contribution < 1.29 is 23.9 Å². The summed E-state index contributed by atoms with van der Waals surface area (Å²) >= 11 is 0. The molecule has 0 aromatic carbocycles. The second-order valence-corrected chi connectivity index (χ2v) is 5.20. The molecule has 1 aliphatic heterocycles. The van der Waals surface area contributed by atoms with Gasteiger partial charge in [-0.1, -0.05) is 0 Å². The third-order valence-corrected chi connectivity index (χ3v) is 3.02. The monoisotopic (exact) mass is 298 g/mol. The summed E-state index contributed by atoms with van der Waals surface area (Å²) in [5.41, 5.74) is 0. The zero-order valence-electron chi connectivity index (χ0n) is 12.4. The van der Waals surface area contributed by atoms with Crippen molar-refractivity contribution in [2.45, 2.75) is 57.8 Å². The van der Waals surface area contributed by atoms with Crippen molar-refractivity contribution in [3.63, 3.8) is 0 Å². The first kappa shape index (κ1) is 17.3. The predicted octanol–water partition coefficient (Wildman–Crippen LogP) is 0.601. The predicted molar refractivity (Wildman–Crippen MR) is 75.2 cm³/mol. The molecular formula is C14H22N2O5. The highest BCUT2D eigenvalue weighted by Gasteiger charge is 2.29. The molecule has 118 valence electrons. The Kier molecular flexibility index (Phi) is 7.01. The average molecular weight is 298 g/mol. The molecule has 0 saturated carbocycles. The largest absolute Gasteiger partial charge is 0.461 e. The van der Waals surface area contributed by atoms with E-state index in [-0.39, 0.29) is 24.9 Å². The van der Waals surface area contributed by atoms with Gasteiger partial charge in [0.1, 0.15) is 12.1 Å². The van der Waals surface area contributed by atoms with E-state index in [1.807, 2.05) is 0 Å². The number of ketones is 1. The smallest absolute Gasteiger partial charge is 0.328 e. The number of rotatable bonds is 8. The van der Waals surface area contributed by atoms with E-state index in [1.165, 1.54) is 0 Å². The van der Waals surface area contributed by atoms with Crippen LogP contribution in [0.25, 0.3) is 0 Å².